The van der Waals surface area contributed by atoms with Gasteiger partial charge >= 0.3 is 7.12 Å². The van der Waals surface area contributed by atoms with Gasteiger partial charge in [-0.3, -0.25) is 0 Å². The van der Waals surface area contributed by atoms with Crippen molar-refractivity contribution in [3.05, 3.63) is 65.2 Å². The van der Waals surface area contributed by atoms with Crippen molar-refractivity contribution >= 4 is 35.9 Å². The first-order chi connectivity index (χ1) is 15.1. The third kappa shape index (κ3) is 3.73. The van der Waals surface area contributed by atoms with Gasteiger partial charge in [0.1, 0.15) is 11.6 Å². The van der Waals surface area contributed by atoms with Gasteiger partial charge < -0.3 is 25.6 Å². The van der Waals surface area contributed by atoms with Gasteiger partial charge in [0.15, 0.2) is 0 Å². The molecular formula is C23H26BN5O2. The van der Waals surface area contributed by atoms with Crippen LogP contribution >= 0.6 is 0 Å². The van der Waals surface area contributed by atoms with Crippen LogP contribution in [-0.4, -0.2) is 39.7 Å². The maximum Gasteiger partial charge on any atom is 0.488 e. The quantitative estimate of drug-likeness (QED) is 0.475. The van der Waals surface area contributed by atoms with Crippen molar-refractivity contribution in [1.82, 2.24) is 9.97 Å². The van der Waals surface area contributed by atoms with Crippen LogP contribution in [0.2, 0.25) is 0 Å². The molecule has 0 radical (unpaired) electrons. The molecule has 7 nitrogen and oxygen atoms in total. The topological polar surface area (TPSA) is 93.5 Å². The van der Waals surface area contributed by atoms with Crippen LogP contribution in [-0.2, 0) is 19.4 Å². The Labute approximate surface area is 182 Å². The number of nitrogens with zero attached hydrogens (tertiary/aromatic N) is 3. The number of anilines is 4. The molecule has 0 amide bonds. The lowest BCUT2D eigenvalue weighted by atomic mass is 9.76. The summed E-state index contributed by atoms with van der Waals surface area (Å²) in [7, 11) is -1.49. The predicted octanol–water partition coefficient (Wildman–Crippen LogP) is 2.21. The summed E-state index contributed by atoms with van der Waals surface area (Å²) in [6.45, 7) is 3.70. The zero-order valence-electron chi connectivity index (χ0n) is 17.5. The van der Waals surface area contributed by atoms with Gasteiger partial charge in [0, 0.05) is 30.4 Å². The Kier molecular flexibility index (Phi) is 5.25. The second-order valence-electron chi connectivity index (χ2n) is 8.21. The van der Waals surface area contributed by atoms with E-state index in [9.17, 15) is 10.0 Å². The lowest BCUT2D eigenvalue weighted by Gasteiger charge is -2.27. The largest absolute Gasteiger partial charge is 0.488 e. The molecule has 1 unspecified atom stereocenters. The van der Waals surface area contributed by atoms with Gasteiger partial charge in [-0.1, -0.05) is 42.5 Å². The molecule has 0 aliphatic carbocycles. The number of rotatable bonds is 5. The molecule has 5 rings (SSSR count). The molecule has 158 valence electrons. The van der Waals surface area contributed by atoms with Crippen LogP contribution in [0.1, 0.15) is 30.0 Å². The van der Waals surface area contributed by atoms with Crippen LogP contribution in [0.5, 0.6) is 0 Å². The van der Waals surface area contributed by atoms with Crippen molar-refractivity contribution in [2.75, 3.05) is 22.1 Å². The van der Waals surface area contributed by atoms with Crippen LogP contribution in [0.15, 0.2) is 48.5 Å². The number of benzene rings is 2. The summed E-state index contributed by atoms with van der Waals surface area (Å²) >= 11 is 0. The molecule has 4 N–H and O–H groups in total. The van der Waals surface area contributed by atoms with Gasteiger partial charge in [-0.25, -0.2) is 0 Å². The molecule has 1 aromatic heterocycles. The van der Waals surface area contributed by atoms with Crippen LogP contribution in [0.3, 0.4) is 0 Å². The number of hydrogen-bond acceptors (Lipinski definition) is 7. The summed E-state index contributed by atoms with van der Waals surface area (Å²) in [4.78, 5) is 11.9. The fraction of sp³-hybridized carbons (Fsp3) is 0.304. The molecule has 3 aromatic rings. The second-order valence-corrected chi connectivity index (χ2v) is 8.21. The highest BCUT2D eigenvalue weighted by Crippen LogP contribution is 2.38. The minimum Gasteiger partial charge on any atom is -0.423 e. The predicted molar refractivity (Wildman–Crippen MR) is 124 cm³/mol. The lowest BCUT2D eigenvalue weighted by molar-refractivity contribution is 0.425. The molecule has 2 aliphatic rings. The zero-order valence-corrected chi connectivity index (χ0v) is 17.5. The second kappa shape index (κ2) is 8.21. The summed E-state index contributed by atoms with van der Waals surface area (Å²) in [5.41, 5.74) is 4.74. The molecular weight excluding hydrogens is 389 g/mol. The summed E-state index contributed by atoms with van der Waals surface area (Å²) in [5, 5.41) is 26.6. The van der Waals surface area contributed by atoms with E-state index in [4.69, 9.17) is 9.97 Å². The van der Waals surface area contributed by atoms with Crippen LogP contribution in [0, 0.1) is 0 Å². The molecule has 0 saturated carbocycles. The highest BCUT2D eigenvalue weighted by Gasteiger charge is 2.34. The van der Waals surface area contributed by atoms with E-state index in [-0.39, 0.29) is 6.04 Å². The Hall–Kier alpha value is -3.10. The van der Waals surface area contributed by atoms with Crippen molar-refractivity contribution < 1.29 is 10.0 Å². The standard InChI is InChI=1S/C23H26BN5O2/c1-15-13-18-19(24(30)31)10-5-11-20(18)29(15)23-27-21-17(9-6-12-25-21)22(28-23)26-14-16-7-3-2-4-8-16/h2-5,7-8,10-11,15,30-31H,6,9,12-14H2,1H3,(H2,25,26,27,28). The van der Waals surface area contributed by atoms with Gasteiger partial charge in [-0.2, -0.15) is 9.97 Å². The Morgan fingerprint density at radius 1 is 1.10 bits per heavy atom. The zero-order chi connectivity index (χ0) is 21.4. The minimum absolute atomic E-state index is 0.110. The average molecular weight is 415 g/mol. The third-order valence-electron chi connectivity index (χ3n) is 6.08. The molecule has 3 heterocycles. The van der Waals surface area contributed by atoms with Crippen molar-refractivity contribution in [1.29, 1.82) is 0 Å². The Bertz CT molecular complexity index is 1090. The highest BCUT2D eigenvalue weighted by atomic mass is 16.4. The molecule has 0 spiro atoms. The third-order valence-corrected chi connectivity index (χ3v) is 6.08. The molecule has 2 aliphatic heterocycles. The maximum atomic E-state index is 9.80. The molecule has 1 atom stereocenters. The highest BCUT2D eigenvalue weighted by molar-refractivity contribution is 6.59. The molecule has 2 aromatic carbocycles. The van der Waals surface area contributed by atoms with Gasteiger partial charge in [-0.05, 0) is 48.8 Å². The minimum atomic E-state index is -1.49. The van der Waals surface area contributed by atoms with Crippen LogP contribution < -0.4 is 21.0 Å². The summed E-state index contributed by atoms with van der Waals surface area (Å²) in [5.74, 6) is 2.36. The van der Waals surface area contributed by atoms with E-state index in [1.165, 1.54) is 5.56 Å². The van der Waals surface area contributed by atoms with Crippen molar-refractivity contribution in [3.8, 4) is 0 Å². The molecule has 8 heteroatoms. The van der Waals surface area contributed by atoms with Crippen molar-refractivity contribution in [2.45, 2.75) is 38.8 Å². The van der Waals surface area contributed by atoms with E-state index in [1.807, 2.05) is 30.3 Å². The Balaban J connectivity index is 1.54. The van der Waals surface area contributed by atoms with Crippen molar-refractivity contribution in [3.63, 3.8) is 0 Å². The smallest absolute Gasteiger partial charge is 0.423 e. The van der Waals surface area contributed by atoms with E-state index in [0.29, 0.717) is 24.4 Å². The normalized spacial score (nSPS) is 17.0. The van der Waals surface area contributed by atoms with Gasteiger partial charge in [0.25, 0.3) is 0 Å². The molecule has 0 fully saturated rings. The number of aromatic nitrogens is 2. The first kappa shape index (κ1) is 19.8. The Morgan fingerprint density at radius 3 is 2.74 bits per heavy atom. The fourth-order valence-corrected chi connectivity index (χ4v) is 4.57. The van der Waals surface area contributed by atoms with E-state index in [1.54, 1.807) is 6.07 Å². The van der Waals surface area contributed by atoms with Crippen LogP contribution in [0.4, 0.5) is 23.3 Å². The first-order valence-electron chi connectivity index (χ1n) is 10.8. The average Bonchev–Trinajstić information content (AvgIpc) is 3.13. The SMILES string of the molecule is CC1Cc2c(B(O)O)cccc2N1c1nc2c(c(NCc3ccccc3)n1)CCCN2. The number of hydrogen-bond donors (Lipinski definition) is 4. The summed E-state index contributed by atoms with van der Waals surface area (Å²) in [6.07, 6.45) is 2.70. The number of nitrogens with one attached hydrogen (secondary N) is 2. The van der Waals surface area contributed by atoms with E-state index >= 15 is 0 Å². The van der Waals surface area contributed by atoms with Gasteiger partial charge in [0.05, 0.1) is 0 Å². The van der Waals surface area contributed by atoms with Gasteiger partial charge in [0.2, 0.25) is 5.95 Å². The fourth-order valence-electron chi connectivity index (χ4n) is 4.57. The lowest BCUT2D eigenvalue weighted by Crippen LogP contribution is -2.32. The monoisotopic (exact) mass is 415 g/mol. The molecule has 31 heavy (non-hydrogen) atoms. The van der Waals surface area contributed by atoms with Crippen molar-refractivity contribution in [2.24, 2.45) is 0 Å². The summed E-state index contributed by atoms with van der Waals surface area (Å²) < 4.78 is 0. The first-order valence-corrected chi connectivity index (χ1v) is 10.8. The van der Waals surface area contributed by atoms with E-state index in [2.05, 4.69) is 34.6 Å². The van der Waals surface area contributed by atoms with Crippen LogP contribution in [0.25, 0.3) is 0 Å². The maximum absolute atomic E-state index is 9.80. The Morgan fingerprint density at radius 2 is 1.94 bits per heavy atom. The number of fused-ring (bicyclic) bond motifs is 2. The van der Waals surface area contributed by atoms with E-state index in [0.717, 1.165) is 47.8 Å². The van der Waals surface area contributed by atoms with E-state index < -0.39 is 7.12 Å². The molecule has 0 bridgehead atoms. The summed E-state index contributed by atoms with van der Waals surface area (Å²) in [6, 6.07) is 16.0. The molecule has 0 saturated heterocycles. The van der Waals surface area contributed by atoms with Gasteiger partial charge in [-0.15, -0.1) is 0 Å².